The number of nitrogens with zero attached hydrogens (tertiary/aromatic N) is 1. The summed E-state index contributed by atoms with van der Waals surface area (Å²) < 4.78 is 32.6. The van der Waals surface area contributed by atoms with E-state index >= 15 is 0 Å². The van der Waals surface area contributed by atoms with Gasteiger partial charge < -0.3 is 4.74 Å². The fourth-order valence-corrected chi connectivity index (χ4v) is 4.42. The van der Waals surface area contributed by atoms with Crippen LogP contribution in [-0.4, -0.2) is 21.4 Å². The van der Waals surface area contributed by atoms with Gasteiger partial charge in [-0.3, -0.25) is 9.10 Å². The van der Waals surface area contributed by atoms with E-state index in [0.29, 0.717) is 17.4 Å². The minimum absolute atomic E-state index is 0.0179. The summed E-state index contributed by atoms with van der Waals surface area (Å²) in [5.74, 6) is 0.558. The van der Waals surface area contributed by atoms with Crippen LogP contribution in [0, 0.1) is 11.8 Å². The Kier molecular flexibility index (Phi) is 4.59. The molecular weight excluding hydrogens is 374 g/mol. The van der Waals surface area contributed by atoms with E-state index in [4.69, 9.17) is 4.74 Å². The molecule has 0 N–H and O–H groups in total. The van der Waals surface area contributed by atoms with E-state index in [1.54, 1.807) is 42.5 Å². The van der Waals surface area contributed by atoms with Gasteiger partial charge in [0.1, 0.15) is 5.75 Å². The van der Waals surface area contributed by atoms with Crippen LogP contribution in [0.1, 0.15) is 13.3 Å². The number of hydrogen-bond acceptors (Lipinski definition) is 4. The van der Waals surface area contributed by atoms with Gasteiger partial charge in [0.25, 0.3) is 10.0 Å². The number of carbonyl (C=O) groups excluding carboxylic acids is 1. The molecule has 4 rings (SSSR count). The Morgan fingerprint density at radius 3 is 2.29 bits per heavy atom. The molecule has 0 aliphatic heterocycles. The van der Waals surface area contributed by atoms with Gasteiger partial charge in [-0.05, 0) is 59.5 Å². The minimum Gasteiger partial charge on any atom is -0.426 e. The first-order valence-electron chi connectivity index (χ1n) is 9.16. The summed E-state index contributed by atoms with van der Waals surface area (Å²) in [4.78, 5) is 12.2. The van der Waals surface area contributed by atoms with Gasteiger partial charge in [-0.2, -0.15) is 0 Å². The molecule has 0 amide bonds. The van der Waals surface area contributed by atoms with Gasteiger partial charge in [0, 0.05) is 7.05 Å². The van der Waals surface area contributed by atoms with Crippen molar-refractivity contribution >= 4 is 32.5 Å². The molecule has 2 atom stereocenters. The topological polar surface area (TPSA) is 63.7 Å². The predicted octanol–water partition coefficient (Wildman–Crippen LogP) is 4.23. The predicted molar refractivity (Wildman–Crippen MR) is 109 cm³/mol. The van der Waals surface area contributed by atoms with Crippen molar-refractivity contribution in [1.82, 2.24) is 0 Å². The highest BCUT2D eigenvalue weighted by atomic mass is 32.2. The molecule has 1 fully saturated rings. The van der Waals surface area contributed by atoms with Crippen molar-refractivity contribution in [3.05, 3.63) is 66.7 Å². The summed E-state index contributed by atoms with van der Waals surface area (Å²) in [6.45, 7) is 2.02. The normalized spacial score (nSPS) is 18.6. The molecule has 2 unspecified atom stereocenters. The average Bonchev–Trinajstić information content (AvgIpc) is 3.44. The molecular formula is C22H21NO4S. The largest absolute Gasteiger partial charge is 0.426 e. The lowest BCUT2D eigenvalue weighted by molar-refractivity contribution is -0.136. The van der Waals surface area contributed by atoms with Crippen LogP contribution in [0.4, 0.5) is 5.69 Å². The van der Waals surface area contributed by atoms with E-state index in [2.05, 4.69) is 0 Å². The maximum absolute atomic E-state index is 13.0. The molecule has 6 heteroatoms. The van der Waals surface area contributed by atoms with Crippen LogP contribution in [0.15, 0.2) is 71.6 Å². The highest BCUT2D eigenvalue weighted by molar-refractivity contribution is 7.92. The third kappa shape index (κ3) is 3.47. The lowest BCUT2D eigenvalue weighted by Crippen LogP contribution is -2.26. The van der Waals surface area contributed by atoms with Crippen molar-refractivity contribution in [3.63, 3.8) is 0 Å². The van der Waals surface area contributed by atoms with E-state index < -0.39 is 10.0 Å². The number of carbonyl (C=O) groups is 1. The lowest BCUT2D eigenvalue weighted by Gasteiger charge is -2.20. The standard InChI is InChI=1S/C22H21NO4S/c1-15-13-21(15)22(24)27-19-10-8-18(9-11-19)23(2)28(25,26)20-12-7-16-5-3-4-6-17(16)14-20/h3-12,14-15,21H,13H2,1-2H3. The van der Waals surface area contributed by atoms with Crippen LogP contribution in [-0.2, 0) is 14.8 Å². The van der Waals surface area contributed by atoms with Crippen LogP contribution >= 0.6 is 0 Å². The third-order valence-electron chi connectivity index (χ3n) is 5.21. The molecule has 1 saturated carbocycles. The van der Waals surface area contributed by atoms with Gasteiger partial charge in [-0.25, -0.2) is 8.42 Å². The SMILES string of the molecule is CC1CC1C(=O)Oc1ccc(N(C)S(=O)(=O)c2ccc3ccccc3c2)cc1. The van der Waals surface area contributed by atoms with Crippen molar-refractivity contribution in [1.29, 1.82) is 0 Å². The number of fused-ring (bicyclic) bond motifs is 1. The van der Waals surface area contributed by atoms with Gasteiger partial charge in [0.2, 0.25) is 0 Å². The Balaban J connectivity index is 1.55. The number of hydrogen-bond donors (Lipinski definition) is 0. The number of esters is 1. The van der Waals surface area contributed by atoms with Gasteiger partial charge in [0.15, 0.2) is 0 Å². The van der Waals surface area contributed by atoms with E-state index in [-0.39, 0.29) is 16.8 Å². The maximum Gasteiger partial charge on any atom is 0.314 e. The number of anilines is 1. The van der Waals surface area contributed by atoms with Crippen LogP contribution < -0.4 is 9.04 Å². The molecule has 0 aromatic heterocycles. The highest BCUT2D eigenvalue weighted by Gasteiger charge is 2.40. The fraction of sp³-hybridized carbons (Fsp3) is 0.227. The molecule has 5 nitrogen and oxygen atoms in total. The molecule has 0 bridgehead atoms. The van der Waals surface area contributed by atoms with Crippen molar-refractivity contribution in [2.45, 2.75) is 18.2 Å². The second kappa shape index (κ2) is 6.95. The second-order valence-electron chi connectivity index (χ2n) is 7.22. The lowest BCUT2D eigenvalue weighted by atomic mass is 10.1. The van der Waals surface area contributed by atoms with Crippen LogP contribution in [0.5, 0.6) is 5.75 Å². The molecule has 0 saturated heterocycles. The Hall–Kier alpha value is -2.86. The Morgan fingerprint density at radius 2 is 1.64 bits per heavy atom. The van der Waals surface area contributed by atoms with Gasteiger partial charge in [-0.15, -0.1) is 0 Å². The third-order valence-corrected chi connectivity index (χ3v) is 6.99. The first kappa shape index (κ1) is 18.5. The summed E-state index contributed by atoms with van der Waals surface area (Å²) in [5, 5.41) is 1.86. The Morgan fingerprint density at radius 1 is 1.00 bits per heavy atom. The van der Waals surface area contributed by atoms with Crippen molar-refractivity contribution in [2.75, 3.05) is 11.4 Å². The molecule has 0 spiro atoms. The first-order valence-corrected chi connectivity index (χ1v) is 10.6. The molecule has 28 heavy (non-hydrogen) atoms. The first-order chi connectivity index (χ1) is 13.4. The molecule has 0 heterocycles. The summed E-state index contributed by atoms with van der Waals surface area (Å²) in [7, 11) is -2.19. The van der Waals surface area contributed by atoms with E-state index in [1.807, 2.05) is 31.2 Å². The molecule has 1 aliphatic rings. The highest BCUT2D eigenvalue weighted by Crippen LogP contribution is 2.39. The number of sulfonamides is 1. The van der Waals surface area contributed by atoms with Crippen LogP contribution in [0.2, 0.25) is 0 Å². The number of ether oxygens (including phenoxy) is 1. The zero-order valence-electron chi connectivity index (χ0n) is 15.7. The number of benzene rings is 3. The zero-order chi connectivity index (χ0) is 19.9. The van der Waals surface area contributed by atoms with Gasteiger partial charge in [0.05, 0.1) is 16.5 Å². The zero-order valence-corrected chi connectivity index (χ0v) is 16.5. The molecule has 144 valence electrons. The smallest absolute Gasteiger partial charge is 0.314 e. The Labute approximate surface area is 164 Å². The molecule has 3 aromatic carbocycles. The van der Waals surface area contributed by atoms with Crippen molar-refractivity contribution in [2.24, 2.45) is 11.8 Å². The Bertz CT molecular complexity index is 1140. The average molecular weight is 395 g/mol. The van der Waals surface area contributed by atoms with Crippen molar-refractivity contribution < 1.29 is 17.9 Å². The quantitative estimate of drug-likeness (QED) is 0.479. The summed E-state index contributed by atoms with van der Waals surface area (Å²) in [6, 6.07) is 19.2. The van der Waals surface area contributed by atoms with E-state index in [0.717, 1.165) is 17.2 Å². The van der Waals surface area contributed by atoms with E-state index in [9.17, 15) is 13.2 Å². The summed E-state index contributed by atoms with van der Waals surface area (Å²) in [5.41, 5.74) is 0.493. The number of rotatable bonds is 5. The molecule has 3 aromatic rings. The maximum atomic E-state index is 13.0. The monoisotopic (exact) mass is 395 g/mol. The van der Waals surface area contributed by atoms with Gasteiger partial charge in [-0.1, -0.05) is 37.3 Å². The van der Waals surface area contributed by atoms with Crippen LogP contribution in [0.3, 0.4) is 0 Å². The van der Waals surface area contributed by atoms with Crippen LogP contribution in [0.25, 0.3) is 10.8 Å². The summed E-state index contributed by atoms with van der Waals surface area (Å²) >= 11 is 0. The molecule has 0 radical (unpaired) electrons. The fourth-order valence-electron chi connectivity index (χ4n) is 3.19. The van der Waals surface area contributed by atoms with E-state index in [1.165, 1.54) is 11.4 Å². The van der Waals surface area contributed by atoms with Crippen molar-refractivity contribution in [3.8, 4) is 5.75 Å². The molecule has 1 aliphatic carbocycles. The minimum atomic E-state index is -3.70. The second-order valence-corrected chi connectivity index (χ2v) is 9.19. The summed E-state index contributed by atoms with van der Waals surface area (Å²) in [6.07, 6.45) is 0.865. The van der Waals surface area contributed by atoms with Gasteiger partial charge >= 0.3 is 5.97 Å².